The van der Waals surface area contributed by atoms with Crippen LogP contribution < -0.4 is 56.1 Å². The topological polar surface area (TPSA) is 22.1 Å². The van der Waals surface area contributed by atoms with Gasteiger partial charge in [0, 0.05) is 6.20 Å². The maximum atomic E-state index is 12.0. The Bertz CT molecular complexity index is 295. The number of hydrogen-bond acceptors (Lipinski definition) is 2. The molecule has 1 heterocycles. The fraction of sp³-hybridized carbons (Fsp3) is 0.286. The smallest absolute Gasteiger partial charge is 0.481 e. The molecule has 0 saturated carbocycles. The Kier molecular flexibility index (Phi) is 6.31. The molecule has 0 bridgehead atoms. The van der Waals surface area contributed by atoms with E-state index in [0.29, 0.717) is 0 Å². The minimum Gasteiger partial charge on any atom is -0.481 e. The van der Waals surface area contributed by atoms with Crippen LogP contribution in [0, 0.1) is 0 Å². The molecule has 0 aliphatic rings. The van der Waals surface area contributed by atoms with Gasteiger partial charge in [0.25, 0.3) is 0 Å². The van der Waals surface area contributed by atoms with Crippen LogP contribution in [0.1, 0.15) is 5.56 Å². The Morgan fingerprint density at radius 1 is 1.43 bits per heavy atom. The standard InChI is InChI=1S/C7H8BF3NO.K/c1-13-7-6(3-2-4-12-7)5-8(9,10)11;/h2-4H,5H2,1H3;/q-1;+1. The van der Waals surface area contributed by atoms with Crippen LogP contribution >= 0.6 is 0 Å². The summed E-state index contributed by atoms with van der Waals surface area (Å²) in [5, 5.41) is 0. The van der Waals surface area contributed by atoms with Crippen molar-refractivity contribution in [1.29, 1.82) is 0 Å². The van der Waals surface area contributed by atoms with Crippen LogP contribution in [0.2, 0.25) is 0 Å². The van der Waals surface area contributed by atoms with E-state index in [1.54, 1.807) is 0 Å². The summed E-state index contributed by atoms with van der Waals surface area (Å²) < 4.78 is 40.8. The van der Waals surface area contributed by atoms with Crippen LogP contribution in [0.25, 0.3) is 0 Å². The normalized spacial score (nSPS) is 10.6. The Hall–Kier alpha value is 0.441. The van der Waals surface area contributed by atoms with E-state index in [2.05, 4.69) is 4.98 Å². The fourth-order valence-electron chi connectivity index (χ4n) is 1.01. The largest absolute Gasteiger partial charge is 1.00 e. The van der Waals surface area contributed by atoms with Crippen molar-refractivity contribution in [2.45, 2.75) is 6.32 Å². The number of pyridine rings is 1. The second-order valence-corrected chi connectivity index (χ2v) is 2.59. The number of ether oxygens (including phenoxy) is 1. The van der Waals surface area contributed by atoms with Gasteiger partial charge in [0.15, 0.2) is 0 Å². The summed E-state index contributed by atoms with van der Waals surface area (Å²) >= 11 is 0. The Labute approximate surface area is 123 Å². The van der Waals surface area contributed by atoms with Gasteiger partial charge >= 0.3 is 58.4 Å². The van der Waals surface area contributed by atoms with Crippen molar-refractivity contribution in [2.24, 2.45) is 0 Å². The van der Waals surface area contributed by atoms with E-state index in [4.69, 9.17) is 4.74 Å². The van der Waals surface area contributed by atoms with E-state index in [1.807, 2.05) is 0 Å². The fourth-order valence-corrected chi connectivity index (χ4v) is 1.01. The third-order valence-corrected chi connectivity index (χ3v) is 1.49. The molecule has 0 unspecified atom stereocenters. The summed E-state index contributed by atoms with van der Waals surface area (Å²) in [6.45, 7) is -4.83. The van der Waals surface area contributed by atoms with Crippen LogP contribution in [0.4, 0.5) is 12.9 Å². The van der Waals surface area contributed by atoms with Crippen molar-refractivity contribution in [1.82, 2.24) is 4.98 Å². The molecule has 1 aromatic heterocycles. The van der Waals surface area contributed by atoms with Gasteiger partial charge in [-0.1, -0.05) is 12.4 Å². The molecule has 1 aromatic rings. The molecule has 14 heavy (non-hydrogen) atoms. The number of hydrogen-bond donors (Lipinski definition) is 0. The molecule has 0 fully saturated rings. The maximum absolute atomic E-state index is 12.0. The van der Waals surface area contributed by atoms with Crippen molar-refractivity contribution >= 4 is 6.98 Å². The van der Waals surface area contributed by atoms with Gasteiger partial charge in [-0.2, -0.15) is 0 Å². The van der Waals surface area contributed by atoms with Crippen molar-refractivity contribution < 1.29 is 69.1 Å². The monoisotopic (exact) mass is 229 g/mol. The number of halogens is 3. The van der Waals surface area contributed by atoms with Crippen LogP contribution in [-0.4, -0.2) is 19.1 Å². The van der Waals surface area contributed by atoms with E-state index < -0.39 is 13.3 Å². The van der Waals surface area contributed by atoms with Gasteiger partial charge in [-0.05, 0) is 11.6 Å². The molecular formula is C7H8BF3KNO. The SMILES string of the molecule is COc1ncccc1C[B-](F)(F)F.[K+]. The molecule has 0 aromatic carbocycles. The van der Waals surface area contributed by atoms with Crippen LogP contribution in [0.3, 0.4) is 0 Å². The average molecular weight is 229 g/mol. The minimum absolute atomic E-state index is 0. The van der Waals surface area contributed by atoms with Gasteiger partial charge < -0.3 is 17.7 Å². The first-order valence-corrected chi connectivity index (χ1v) is 3.72. The molecular weight excluding hydrogens is 221 g/mol. The Morgan fingerprint density at radius 3 is 2.57 bits per heavy atom. The summed E-state index contributed by atoms with van der Waals surface area (Å²) in [7, 11) is 1.30. The van der Waals surface area contributed by atoms with E-state index >= 15 is 0 Å². The van der Waals surface area contributed by atoms with Crippen molar-refractivity contribution in [3.05, 3.63) is 23.9 Å². The number of aromatic nitrogens is 1. The quantitative estimate of drug-likeness (QED) is 0.622. The second-order valence-electron chi connectivity index (χ2n) is 2.59. The summed E-state index contributed by atoms with van der Waals surface area (Å²) in [5.74, 6) is 0.0432. The molecule has 0 spiro atoms. The third kappa shape index (κ3) is 4.79. The van der Waals surface area contributed by atoms with E-state index in [0.717, 1.165) is 0 Å². The molecule has 7 heteroatoms. The summed E-state index contributed by atoms with van der Waals surface area (Å²) in [6.07, 6.45) is 0.447. The Morgan fingerprint density at radius 2 is 2.07 bits per heavy atom. The first-order chi connectivity index (χ1) is 6.03. The van der Waals surface area contributed by atoms with Crippen LogP contribution in [0.15, 0.2) is 18.3 Å². The molecule has 2 nitrogen and oxygen atoms in total. The zero-order valence-corrected chi connectivity index (χ0v) is 11.1. The molecule has 0 amide bonds. The molecule has 0 N–H and O–H groups in total. The molecule has 72 valence electrons. The molecule has 1 rings (SSSR count). The van der Waals surface area contributed by atoms with Crippen LogP contribution in [-0.2, 0) is 6.32 Å². The minimum atomic E-state index is -4.83. The maximum Gasteiger partial charge on any atom is 1.00 e. The second kappa shape index (κ2) is 6.12. The van der Waals surface area contributed by atoms with Crippen molar-refractivity contribution in [3.63, 3.8) is 0 Å². The van der Waals surface area contributed by atoms with Gasteiger partial charge in [0.2, 0.25) is 5.88 Å². The molecule has 0 atom stereocenters. The molecule has 0 saturated heterocycles. The summed E-state index contributed by atoms with van der Waals surface area (Å²) in [6, 6.07) is 2.82. The molecule has 0 aliphatic heterocycles. The summed E-state index contributed by atoms with van der Waals surface area (Å²) in [5.41, 5.74) is 0.0810. The Balaban J connectivity index is 0.00000169. The first-order valence-electron chi connectivity index (χ1n) is 3.72. The van der Waals surface area contributed by atoms with Gasteiger partial charge in [0.05, 0.1) is 7.11 Å². The van der Waals surface area contributed by atoms with E-state index in [9.17, 15) is 12.9 Å². The third-order valence-electron chi connectivity index (χ3n) is 1.49. The number of nitrogens with zero attached hydrogens (tertiary/aromatic N) is 1. The average Bonchev–Trinajstić information content (AvgIpc) is 2.02. The van der Waals surface area contributed by atoms with Gasteiger partial charge in [-0.15, -0.1) is 0 Å². The molecule has 0 radical (unpaired) electrons. The predicted octanol–water partition coefficient (Wildman–Crippen LogP) is -0.977. The predicted molar refractivity (Wildman–Crippen MR) is 43.6 cm³/mol. The summed E-state index contributed by atoms with van der Waals surface area (Å²) in [4.78, 5) is 3.67. The van der Waals surface area contributed by atoms with E-state index in [1.165, 1.54) is 25.4 Å². The van der Waals surface area contributed by atoms with E-state index in [-0.39, 0.29) is 62.8 Å². The zero-order chi connectivity index (χ0) is 9.90. The zero-order valence-electron chi connectivity index (χ0n) is 8.01. The number of methoxy groups -OCH3 is 1. The molecule has 0 aliphatic carbocycles. The van der Waals surface area contributed by atoms with Gasteiger partial charge in [0.1, 0.15) is 0 Å². The van der Waals surface area contributed by atoms with Crippen molar-refractivity contribution in [2.75, 3.05) is 7.11 Å². The van der Waals surface area contributed by atoms with Crippen molar-refractivity contribution in [3.8, 4) is 5.88 Å². The number of rotatable bonds is 3. The first kappa shape index (κ1) is 14.4. The van der Waals surface area contributed by atoms with Gasteiger partial charge in [-0.25, -0.2) is 4.98 Å². The van der Waals surface area contributed by atoms with Crippen LogP contribution in [0.5, 0.6) is 5.88 Å². The van der Waals surface area contributed by atoms with Gasteiger partial charge in [-0.3, -0.25) is 0 Å².